The van der Waals surface area contributed by atoms with E-state index in [1.165, 1.54) is 32.1 Å². The van der Waals surface area contributed by atoms with Crippen molar-refractivity contribution in [1.29, 1.82) is 0 Å². The molecule has 0 bridgehead atoms. The van der Waals surface area contributed by atoms with Crippen LogP contribution in [0.5, 0.6) is 0 Å². The maximum Gasteiger partial charge on any atom is 0.103 e. The van der Waals surface area contributed by atoms with Gasteiger partial charge in [-0.2, -0.15) is 0 Å². The second-order valence-electron chi connectivity index (χ2n) is 8.74. The summed E-state index contributed by atoms with van der Waals surface area (Å²) in [6.45, 7) is 2.70. The van der Waals surface area contributed by atoms with E-state index in [1.807, 2.05) is 0 Å². The number of alkyl halides is 1. The Hall–Kier alpha value is -0.110. The van der Waals surface area contributed by atoms with Gasteiger partial charge >= 0.3 is 0 Å². The molecule has 0 aliphatic heterocycles. The first-order valence-electron chi connectivity index (χ1n) is 9.92. The Kier molecular flexibility index (Phi) is 5.81. The van der Waals surface area contributed by atoms with Crippen LogP contribution in [0.4, 0.5) is 4.39 Å². The van der Waals surface area contributed by atoms with E-state index in [0.29, 0.717) is 30.3 Å². The fourth-order valence-electron chi connectivity index (χ4n) is 5.68. The van der Waals surface area contributed by atoms with Crippen molar-refractivity contribution in [3.8, 4) is 0 Å². The molecule has 1 nitrogen and oxygen atoms in total. The summed E-state index contributed by atoms with van der Waals surface area (Å²) in [5.41, 5.74) is 0. The van der Waals surface area contributed by atoms with Crippen molar-refractivity contribution >= 4 is 0 Å². The van der Waals surface area contributed by atoms with E-state index in [4.69, 9.17) is 0 Å². The fourth-order valence-corrected chi connectivity index (χ4v) is 5.68. The molecule has 22 heavy (non-hydrogen) atoms. The van der Waals surface area contributed by atoms with E-state index >= 15 is 0 Å². The minimum absolute atomic E-state index is 0.332. The van der Waals surface area contributed by atoms with E-state index < -0.39 is 6.17 Å². The van der Waals surface area contributed by atoms with Gasteiger partial charge in [0.25, 0.3) is 0 Å². The van der Waals surface area contributed by atoms with Crippen LogP contribution in [0.15, 0.2) is 0 Å². The molecule has 2 heteroatoms. The largest absolute Gasteiger partial charge is 0.396 e. The highest BCUT2D eigenvalue weighted by molar-refractivity contribution is 4.89. The van der Waals surface area contributed by atoms with E-state index in [0.717, 1.165) is 50.4 Å². The summed E-state index contributed by atoms with van der Waals surface area (Å²) in [5, 5.41) is 9.26. The molecule has 3 fully saturated rings. The molecule has 0 amide bonds. The number of aliphatic hydroxyl groups is 1. The smallest absolute Gasteiger partial charge is 0.103 e. The molecule has 0 radical (unpaired) electrons. The van der Waals surface area contributed by atoms with E-state index in [9.17, 15) is 9.50 Å². The van der Waals surface area contributed by atoms with Crippen LogP contribution in [0.25, 0.3) is 0 Å². The highest BCUT2D eigenvalue weighted by Gasteiger charge is 2.39. The molecule has 0 aromatic rings. The lowest BCUT2D eigenvalue weighted by atomic mass is 9.64. The van der Waals surface area contributed by atoms with Crippen molar-refractivity contribution in [3.63, 3.8) is 0 Å². The summed E-state index contributed by atoms with van der Waals surface area (Å²) in [6.07, 6.45) is 12.7. The maximum absolute atomic E-state index is 14.8. The molecule has 0 aromatic heterocycles. The van der Waals surface area contributed by atoms with Crippen LogP contribution < -0.4 is 0 Å². The maximum atomic E-state index is 14.8. The quantitative estimate of drug-likeness (QED) is 0.743. The van der Waals surface area contributed by atoms with Gasteiger partial charge in [-0.1, -0.05) is 19.8 Å². The van der Waals surface area contributed by atoms with Crippen LogP contribution in [0, 0.1) is 35.5 Å². The summed E-state index contributed by atoms with van der Waals surface area (Å²) in [6, 6.07) is 0. The van der Waals surface area contributed by atoms with Crippen LogP contribution in [0.3, 0.4) is 0 Å². The van der Waals surface area contributed by atoms with Crippen LogP contribution >= 0.6 is 0 Å². The first kappa shape index (κ1) is 16.7. The van der Waals surface area contributed by atoms with Crippen molar-refractivity contribution in [3.05, 3.63) is 0 Å². The summed E-state index contributed by atoms with van der Waals surface area (Å²) < 4.78 is 14.8. The van der Waals surface area contributed by atoms with Crippen molar-refractivity contribution in [2.75, 3.05) is 6.61 Å². The van der Waals surface area contributed by atoms with Crippen molar-refractivity contribution in [2.45, 2.75) is 83.7 Å². The Labute approximate surface area is 136 Å². The lowest BCUT2D eigenvalue weighted by Crippen LogP contribution is -2.36. The molecule has 3 rings (SSSR count). The topological polar surface area (TPSA) is 20.2 Å². The molecule has 0 spiro atoms. The molecular weight excluding hydrogens is 275 g/mol. The third-order valence-electron chi connectivity index (χ3n) is 7.35. The average Bonchev–Trinajstić information content (AvgIpc) is 2.56. The predicted molar refractivity (Wildman–Crippen MR) is 89.4 cm³/mol. The monoisotopic (exact) mass is 310 g/mol. The molecule has 128 valence electrons. The highest BCUT2D eigenvalue weighted by Crippen LogP contribution is 2.46. The van der Waals surface area contributed by atoms with Crippen molar-refractivity contribution < 1.29 is 9.50 Å². The third-order valence-corrected chi connectivity index (χ3v) is 7.35. The zero-order valence-electron chi connectivity index (χ0n) is 14.4. The van der Waals surface area contributed by atoms with Gasteiger partial charge in [0.2, 0.25) is 0 Å². The summed E-state index contributed by atoms with van der Waals surface area (Å²) in [7, 11) is 0. The number of aliphatic hydroxyl groups excluding tert-OH is 1. The van der Waals surface area contributed by atoms with Crippen molar-refractivity contribution in [1.82, 2.24) is 0 Å². The lowest BCUT2D eigenvalue weighted by Gasteiger charge is -2.42. The standard InChI is InChI=1S/C20H35FO/c1-14-2-6-16(7-3-14)18-10-11-19(20(21)12-18)17-8-4-15(13-22)5-9-17/h14-20,22H,2-13H2,1H3. The summed E-state index contributed by atoms with van der Waals surface area (Å²) in [5.74, 6) is 3.82. The van der Waals surface area contributed by atoms with E-state index in [-0.39, 0.29) is 0 Å². The molecule has 3 aliphatic carbocycles. The first-order valence-corrected chi connectivity index (χ1v) is 9.92. The molecule has 0 aromatic carbocycles. The SMILES string of the molecule is CC1CCC(C2CCC(C3CCC(CO)CC3)C(F)C2)CC1. The van der Waals surface area contributed by atoms with Gasteiger partial charge in [0.15, 0.2) is 0 Å². The summed E-state index contributed by atoms with van der Waals surface area (Å²) in [4.78, 5) is 0. The Morgan fingerprint density at radius 3 is 1.95 bits per heavy atom. The summed E-state index contributed by atoms with van der Waals surface area (Å²) >= 11 is 0. The number of hydrogen-bond acceptors (Lipinski definition) is 1. The molecule has 3 atom stereocenters. The van der Waals surface area contributed by atoms with Gasteiger partial charge in [-0.05, 0) is 93.3 Å². The van der Waals surface area contributed by atoms with E-state index in [2.05, 4.69) is 6.92 Å². The average molecular weight is 310 g/mol. The lowest BCUT2D eigenvalue weighted by molar-refractivity contribution is 0.0299. The van der Waals surface area contributed by atoms with Crippen molar-refractivity contribution in [2.24, 2.45) is 35.5 Å². The number of hydrogen-bond donors (Lipinski definition) is 1. The molecule has 0 saturated heterocycles. The number of halogens is 1. The van der Waals surface area contributed by atoms with Crippen LogP contribution in [-0.2, 0) is 0 Å². The molecule has 3 unspecified atom stereocenters. The van der Waals surface area contributed by atoms with Crippen LogP contribution in [-0.4, -0.2) is 17.9 Å². The van der Waals surface area contributed by atoms with Crippen LogP contribution in [0.2, 0.25) is 0 Å². The zero-order valence-corrected chi connectivity index (χ0v) is 14.4. The predicted octanol–water partition coefficient (Wildman–Crippen LogP) is 5.37. The van der Waals surface area contributed by atoms with Gasteiger partial charge < -0.3 is 5.11 Å². The third kappa shape index (κ3) is 3.86. The Bertz CT molecular complexity index is 329. The van der Waals surface area contributed by atoms with Gasteiger partial charge in [0.1, 0.15) is 6.17 Å². The number of rotatable bonds is 3. The highest BCUT2D eigenvalue weighted by atomic mass is 19.1. The minimum atomic E-state index is -0.547. The zero-order chi connectivity index (χ0) is 15.5. The Morgan fingerprint density at radius 2 is 1.36 bits per heavy atom. The van der Waals surface area contributed by atoms with Gasteiger partial charge in [-0.25, -0.2) is 4.39 Å². The minimum Gasteiger partial charge on any atom is -0.396 e. The van der Waals surface area contributed by atoms with E-state index in [1.54, 1.807) is 0 Å². The van der Waals surface area contributed by atoms with Gasteiger partial charge in [-0.3, -0.25) is 0 Å². The Morgan fingerprint density at radius 1 is 0.773 bits per heavy atom. The molecular formula is C20H35FO. The normalized spacial score (nSPS) is 47.3. The fraction of sp³-hybridized carbons (Fsp3) is 1.00. The molecule has 3 aliphatic rings. The molecule has 0 heterocycles. The van der Waals surface area contributed by atoms with Gasteiger partial charge in [-0.15, -0.1) is 0 Å². The van der Waals surface area contributed by atoms with Gasteiger partial charge in [0.05, 0.1) is 0 Å². The second kappa shape index (κ2) is 7.64. The second-order valence-corrected chi connectivity index (χ2v) is 8.74. The molecule has 3 saturated carbocycles. The van der Waals surface area contributed by atoms with Gasteiger partial charge in [0, 0.05) is 6.61 Å². The van der Waals surface area contributed by atoms with Crippen LogP contribution in [0.1, 0.15) is 77.6 Å². The molecule has 1 N–H and O–H groups in total. The first-order chi connectivity index (χ1) is 10.7. The Balaban J connectivity index is 1.48.